The predicted molar refractivity (Wildman–Crippen MR) is 67.7 cm³/mol. The Hall–Kier alpha value is -1.22. The van der Waals surface area contributed by atoms with Crippen molar-refractivity contribution in [3.05, 3.63) is 28.8 Å². The number of hydrogen-bond acceptors (Lipinski definition) is 2. The van der Waals surface area contributed by atoms with Crippen molar-refractivity contribution in [3.8, 4) is 5.75 Å². The van der Waals surface area contributed by atoms with Gasteiger partial charge >= 0.3 is 5.97 Å². The van der Waals surface area contributed by atoms with Gasteiger partial charge in [0.2, 0.25) is 0 Å². The molecular formula is C13H17ClO3. The van der Waals surface area contributed by atoms with Crippen LogP contribution < -0.4 is 4.74 Å². The SMILES string of the molecule is COc1ccc(CC(C)(C)CC(=O)O)c(Cl)c1. The van der Waals surface area contributed by atoms with E-state index in [1.807, 2.05) is 26.0 Å². The van der Waals surface area contributed by atoms with Crippen molar-refractivity contribution in [2.24, 2.45) is 5.41 Å². The van der Waals surface area contributed by atoms with Gasteiger partial charge in [-0.1, -0.05) is 31.5 Å². The van der Waals surface area contributed by atoms with E-state index in [2.05, 4.69) is 0 Å². The van der Waals surface area contributed by atoms with E-state index in [0.717, 1.165) is 5.56 Å². The van der Waals surface area contributed by atoms with Gasteiger partial charge in [0.15, 0.2) is 0 Å². The van der Waals surface area contributed by atoms with Crippen molar-refractivity contribution in [2.75, 3.05) is 7.11 Å². The highest BCUT2D eigenvalue weighted by molar-refractivity contribution is 6.31. The Balaban J connectivity index is 2.84. The van der Waals surface area contributed by atoms with E-state index in [1.54, 1.807) is 13.2 Å². The Morgan fingerprint density at radius 1 is 1.47 bits per heavy atom. The molecule has 0 aromatic heterocycles. The van der Waals surface area contributed by atoms with Gasteiger partial charge in [0, 0.05) is 5.02 Å². The van der Waals surface area contributed by atoms with Gasteiger partial charge in [-0.3, -0.25) is 4.79 Å². The Kier molecular flexibility index (Phi) is 4.40. The van der Waals surface area contributed by atoms with Crippen LogP contribution in [0.25, 0.3) is 0 Å². The molecule has 0 aliphatic heterocycles. The van der Waals surface area contributed by atoms with E-state index in [9.17, 15) is 4.79 Å². The molecule has 0 aliphatic carbocycles. The number of halogens is 1. The minimum Gasteiger partial charge on any atom is -0.497 e. The first kappa shape index (κ1) is 13.8. The van der Waals surface area contributed by atoms with Crippen molar-refractivity contribution >= 4 is 17.6 Å². The van der Waals surface area contributed by atoms with Crippen molar-refractivity contribution in [1.82, 2.24) is 0 Å². The minimum atomic E-state index is -0.792. The highest BCUT2D eigenvalue weighted by atomic mass is 35.5. The molecule has 1 N–H and O–H groups in total. The van der Waals surface area contributed by atoms with Gasteiger partial charge in [-0.25, -0.2) is 0 Å². The highest BCUT2D eigenvalue weighted by Crippen LogP contribution is 2.31. The van der Waals surface area contributed by atoms with Crippen LogP contribution in [0.4, 0.5) is 0 Å². The van der Waals surface area contributed by atoms with Crippen LogP contribution in [0.2, 0.25) is 5.02 Å². The third-order valence-corrected chi connectivity index (χ3v) is 2.91. The number of hydrogen-bond donors (Lipinski definition) is 1. The third kappa shape index (κ3) is 4.27. The number of carboxylic acid groups (broad SMARTS) is 1. The van der Waals surface area contributed by atoms with E-state index in [1.165, 1.54) is 0 Å². The zero-order valence-electron chi connectivity index (χ0n) is 10.3. The molecule has 1 aromatic carbocycles. The molecule has 0 aliphatic rings. The van der Waals surface area contributed by atoms with Crippen molar-refractivity contribution in [1.29, 1.82) is 0 Å². The maximum absolute atomic E-state index is 10.7. The summed E-state index contributed by atoms with van der Waals surface area (Å²) in [6.45, 7) is 3.84. The Bertz CT molecular complexity index is 413. The molecule has 17 heavy (non-hydrogen) atoms. The normalized spacial score (nSPS) is 11.3. The third-order valence-electron chi connectivity index (χ3n) is 2.56. The van der Waals surface area contributed by atoms with Crippen LogP contribution in [0, 0.1) is 5.41 Å². The molecular weight excluding hydrogens is 240 g/mol. The summed E-state index contributed by atoms with van der Waals surface area (Å²) in [7, 11) is 1.58. The maximum atomic E-state index is 10.7. The first-order valence-electron chi connectivity index (χ1n) is 5.38. The first-order chi connectivity index (χ1) is 7.84. The van der Waals surface area contributed by atoms with Gasteiger partial charge in [0.1, 0.15) is 5.75 Å². The molecule has 0 spiro atoms. The molecule has 0 saturated carbocycles. The lowest BCUT2D eigenvalue weighted by molar-refractivity contribution is -0.139. The zero-order chi connectivity index (χ0) is 13.1. The molecule has 0 fully saturated rings. The minimum absolute atomic E-state index is 0.120. The van der Waals surface area contributed by atoms with E-state index < -0.39 is 5.97 Å². The first-order valence-corrected chi connectivity index (χ1v) is 5.76. The van der Waals surface area contributed by atoms with Crippen LogP contribution in [-0.2, 0) is 11.2 Å². The van der Waals surface area contributed by atoms with E-state index in [4.69, 9.17) is 21.4 Å². The molecule has 4 heteroatoms. The summed E-state index contributed by atoms with van der Waals surface area (Å²) in [5, 5.41) is 9.44. The molecule has 0 bridgehead atoms. The highest BCUT2D eigenvalue weighted by Gasteiger charge is 2.23. The summed E-state index contributed by atoms with van der Waals surface area (Å²) >= 11 is 6.12. The van der Waals surface area contributed by atoms with Crippen LogP contribution in [0.5, 0.6) is 5.75 Å². The molecule has 94 valence electrons. The Morgan fingerprint density at radius 3 is 2.59 bits per heavy atom. The molecule has 0 radical (unpaired) electrons. The Morgan fingerprint density at radius 2 is 2.12 bits per heavy atom. The summed E-state index contributed by atoms with van der Waals surface area (Å²) in [6.07, 6.45) is 0.748. The van der Waals surface area contributed by atoms with Crippen LogP contribution >= 0.6 is 11.6 Å². The monoisotopic (exact) mass is 256 g/mol. The zero-order valence-corrected chi connectivity index (χ0v) is 11.0. The number of carboxylic acids is 1. The molecule has 0 atom stereocenters. The van der Waals surface area contributed by atoms with Gasteiger partial charge in [-0.15, -0.1) is 0 Å². The predicted octanol–water partition coefficient (Wildman–Crippen LogP) is 3.39. The Labute approximate surface area is 106 Å². The molecule has 1 rings (SSSR count). The molecule has 0 heterocycles. The van der Waals surface area contributed by atoms with Gasteiger partial charge < -0.3 is 9.84 Å². The van der Waals surface area contributed by atoms with Gasteiger partial charge in [0.05, 0.1) is 13.5 Å². The summed E-state index contributed by atoms with van der Waals surface area (Å²) in [4.78, 5) is 10.7. The lowest BCUT2D eigenvalue weighted by atomic mass is 9.83. The van der Waals surface area contributed by atoms with Crippen LogP contribution in [0.1, 0.15) is 25.8 Å². The number of ether oxygens (including phenoxy) is 1. The maximum Gasteiger partial charge on any atom is 0.303 e. The fraction of sp³-hybridized carbons (Fsp3) is 0.462. The second-order valence-electron chi connectivity index (χ2n) is 4.87. The number of rotatable bonds is 5. The fourth-order valence-electron chi connectivity index (χ4n) is 1.79. The second-order valence-corrected chi connectivity index (χ2v) is 5.28. The quantitative estimate of drug-likeness (QED) is 0.878. The number of aliphatic carboxylic acids is 1. The fourth-order valence-corrected chi connectivity index (χ4v) is 2.02. The van der Waals surface area contributed by atoms with Crippen molar-refractivity contribution in [3.63, 3.8) is 0 Å². The van der Waals surface area contributed by atoms with Gasteiger partial charge in [-0.05, 0) is 29.5 Å². The van der Waals surface area contributed by atoms with E-state index >= 15 is 0 Å². The van der Waals surface area contributed by atoms with E-state index in [-0.39, 0.29) is 11.8 Å². The smallest absolute Gasteiger partial charge is 0.303 e. The average molecular weight is 257 g/mol. The molecule has 0 saturated heterocycles. The lowest BCUT2D eigenvalue weighted by Crippen LogP contribution is -2.19. The number of methoxy groups -OCH3 is 1. The van der Waals surface area contributed by atoms with Crippen LogP contribution in [0.3, 0.4) is 0 Å². The number of carbonyl (C=O) groups is 1. The average Bonchev–Trinajstić information content (AvgIpc) is 2.18. The lowest BCUT2D eigenvalue weighted by Gasteiger charge is -2.23. The van der Waals surface area contributed by atoms with Crippen LogP contribution in [-0.4, -0.2) is 18.2 Å². The molecule has 3 nitrogen and oxygen atoms in total. The van der Waals surface area contributed by atoms with Gasteiger partial charge in [0.25, 0.3) is 0 Å². The topological polar surface area (TPSA) is 46.5 Å². The van der Waals surface area contributed by atoms with Crippen molar-refractivity contribution in [2.45, 2.75) is 26.7 Å². The summed E-state index contributed by atoms with van der Waals surface area (Å²) < 4.78 is 5.07. The van der Waals surface area contributed by atoms with E-state index in [0.29, 0.717) is 17.2 Å². The molecule has 1 aromatic rings. The summed E-state index contributed by atoms with van der Waals surface area (Å²) in [5.74, 6) is -0.0885. The summed E-state index contributed by atoms with van der Waals surface area (Å²) in [6, 6.07) is 5.45. The number of benzene rings is 1. The summed E-state index contributed by atoms with van der Waals surface area (Å²) in [5.41, 5.74) is 0.628. The van der Waals surface area contributed by atoms with Gasteiger partial charge in [-0.2, -0.15) is 0 Å². The molecule has 0 amide bonds. The van der Waals surface area contributed by atoms with Crippen LogP contribution in [0.15, 0.2) is 18.2 Å². The molecule has 0 unspecified atom stereocenters. The largest absolute Gasteiger partial charge is 0.497 e. The standard InChI is InChI=1S/C13H17ClO3/c1-13(2,8-12(15)16)7-9-4-5-10(17-3)6-11(9)14/h4-6H,7-8H2,1-3H3,(H,15,16). The second kappa shape index (κ2) is 5.41. The van der Waals surface area contributed by atoms with Crippen molar-refractivity contribution < 1.29 is 14.6 Å².